The molecular weight excluding hydrogens is 222 g/mol. The normalized spacial score (nSPS) is 16.2. The standard InChI is InChI=1S/C13H14ClNO/c14-12-3-1-2-10(7-12)11(8-13(15)16)6-9-4-5-9/h1-3,7-9H,4-6H2,(H2,15,16). The van der Waals surface area contributed by atoms with Crippen LogP contribution in [0.3, 0.4) is 0 Å². The van der Waals surface area contributed by atoms with Crippen LogP contribution in [0.15, 0.2) is 30.3 Å². The molecule has 1 aliphatic carbocycles. The van der Waals surface area contributed by atoms with Crippen molar-refractivity contribution in [2.24, 2.45) is 11.7 Å². The van der Waals surface area contributed by atoms with E-state index in [1.54, 1.807) is 0 Å². The van der Waals surface area contributed by atoms with Gasteiger partial charge in [-0.05, 0) is 48.4 Å². The number of rotatable bonds is 4. The largest absolute Gasteiger partial charge is 0.366 e. The van der Waals surface area contributed by atoms with Gasteiger partial charge in [0.2, 0.25) is 5.91 Å². The van der Waals surface area contributed by atoms with E-state index in [9.17, 15) is 4.79 Å². The summed E-state index contributed by atoms with van der Waals surface area (Å²) in [6.45, 7) is 0. The van der Waals surface area contributed by atoms with Gasteiger partial charge in [-0.25, -0.2) is 0 Å². The van der Waals surface area contributed by atoms with Gasteiger partial charge >= 0.3 is 0 Å². The lowest BCUT2D eigenvalue weighted by atomic mass is 10.00. The molecule has 2 nitrogen and oxygen atoms in total. The van der Waals surface area contributed by atoms with E-state index in [0.29, 0.717) is 10.9 Å². The molecule has 0 bridgehead atoms. The Bertz CT molecular complexity index is 435. The molecule has 1 aromatic carbocycles. The van der Waals surface area contributed by atoms with E-state index in [1.165, 1.54) is 18.9 Å². The zero-order valence-electron chi connectivity index (χ0n) is 8.95. The van der Waals surface area contributed by atoms with Gasteiger partial charge in [0.1, 0.15) is 0 Å². The Balaban J connectivity index is 2.26. The average molecular weight is 236 g/mol. The lowest BCUT2D eigenvalue weighted by Gasteiger charge is -2.06. The van der Waals surface area contributed by atoms with Crippen LogP contribution in [0.5, 0.6) is 0 Å². The Labute approximate surface area is 100 Å². The second-order valence-electron chi connectivity index (χ2n) is 4.23. The van der Waals surface area contributed by atoms with Crippen LogP contribution >= 0.6 is 11.6 Å². The highest BCUT2D eigenvalue weighted by atomic mass is 35.5. The summed E-state index contributed by atoms with van der Waals surface area (Å²) in [6, 6.07) is 7.55. The molecule has 0 atom stereocenters. The predicted molar refractivity (Wildman–Crippen MR) is 66.0 cm³/mol. The summed E-state index contributed by atoms with van der Waals surface area (Å²) in [6.07, 6.45) is 4.93. The van der Waals surface area contributed by atoms with Gasteiger partial charge < -0.3 is 5.73 Å². The summed E-state index contributed by atoms with van der Waals surface area (Å²) >= 11 is 5.93. The van der Waals surface area contributed by atoms with Gasteiger partial charge in [-0.1, -0.05) is 23.7 Å². The van der Waals surface area contributed by atoms with E-state index in [1.807, 2.05) is 24.3 Å². The van der Waals surface area contributed by atoms with Crippen LogP contribution in [0.2, 0.25) is 5.02 Å². The van der Waals surface area contributed by atoms with E-state index in [4.69, 9.17) is 17.3 Å². The number of hydrogen-bond donors (Lipinski definition) is 1. The Morgan fingerprint density at radius 1 is 1.50 bits per heavy atom. The monoisotopic (exact) mass is 235 g/mol. The molecule has 16 heavy (non-hydrogen) atoms. The Hall–Kier alpha value is -1.28. The number of primary amides is 1. The molecule has 0 saturated heterocycles. The highest BCUT2D eigenvalue weighted by Gasteiger charge is 2.23. The molecule has 1 aliphatic rings. The lowest BCUT2D eigenvalue weighted by molar-refractivity contribution is -0.113. The van der Waals surface area contributed by atoms with Crippen molar-refractivity contribution in [1.82, 2.24) is 0 Å². The number of carbonyl (C=O) groups is 1. The average Bonchev–Trinajstić information content (AvgIpc) is 3.00. The molecule has 0 unspecified atom stereocenters. The summed E-state index contributed by atoms with van der Waals surface area (Å²) < 4.78 is 0. The molecule has 0 aliphatic heterocycles. The highest BCUT2D eigenvalue weighted by molar-refractivity contribution is 6.30. The van der Waals surface area contributed by atoms with Gasteiger partial charge in [0, 0.05) is 11.1 Å². The van der Waals surface area contributed by atoms with E-state index in [-0.39, 0.29) is 0 Å². The van der Waals surface area contributed by atoms with E-state index < -0.39 is 5.91 Å². The third-order valence-electron chi connectivity index (χ3n) is 2.72. The summed E-state index contributed by atoms with van der Waals surface area (Å²) in [5.74, 6) is 0.320. The van der Waals surface area contributed by atoms with Crippen LogP contribution in [0, 0.1) is 5.92 Å². The zero-order valence-corrected chi connectivity index (χ0v) is 9.70. The number of benzene rings is 1. The van der Waals surface area contributed by atoms with E-state index in [0.717, 1.165) is 17.6 Å². The molecule has 0 heterocycles. The molecule has 1 saturated carbocycles. The Morgan fingerprint density at radius 2 is 2.25 bits per heavy atom. The van der Waals surface area contributed by atoms with Gasteiger partial charge in [0.25, 0.3) is 0 Å². The molecule has 1 fully saturated rings. The Kier molecular flexibility index (Phi) is 3.30. The molecule has 0 aromatic heterocycles. The van der Waals surface area contributed by atoms with Crippen molar-refractivity contribution in [3.63, 3.8) is 0 Å². The zero-order chi connectivity index (χ0) is 11.5. The van der Waals surface area contributed by atoms with Crippen molar-refractivity contribution in [1.29, 1.82) is 0 Å². The summed E-state index contributed by atoms with van der Waals surface area (Å²) in [5.41, 5.74) is 7.21. The van der Waals surface area contributed by atoms with Crippen LogP contribution in [-0.2, 0) is 4.79 Å². The number of nitrogens with two attached hydrogens (primary N) is 1. The van der Waals surface area contributed by atoms with Crippen LogP contribution in [-0.4, -0.2) is 5.91 Å². The maximum absolute atomic E-state index is 11.0. The van der Waals surface area contributed by atoms with E-state index in [2.05, 4.69) is 0 Å². The fourth-order valence-corrected chi connectivity index (χ4v) is 1.94. The SMILES string of the molecule is NC(=O)C=C(CC1CC1)c1cccc(Cl)c1. The molecule has 3 heteroatoms. The number of carbonyl (C=O) groups excluding carboxylic acids is 1. The van der Waals surface area contributed by atoms with Gasteiger partial charge in [-0.15, -0.1) is 0 Å². The summed E-state index contributed by atoms with van der Waals surface area (Å²) in [4.78, 5) is 11.0. The van der Waals surface area contributed by atoms with Crippen molar-refractivity contribution in [3.8, 4) is 0 Å². The smallest absolute Gasteiger partial charge is 0.241 e. The van der Waals surface area contributed by atoms with Crippen molar-refractivity contribution in [2.75, 3.05) is 0 Å². The Morgan fingerprint density at radius 3 is 2.81 bits per heavy atom. The maximum Gasteiger partial charge on any atom is 0.241 e. The third kappa shape index (κ3) is 3.11. The first-order chi connectivity index (χ1) is 7.65. The molecule has 2 N–H and O–H groups in total. The number of amides is 1. The first-order valence-corrected chi connectivity index (χ1v) is 5.79. The summed E-state index contributed by atoms with van der Waals surface area (Å²) in [7, 11) is 0. The minimum Gasteiger partial charge on any atom is -0.366 e. The van der Waals surface area contributed by atoms with Crippen LogP contribution < -0.4 is 5.73 Å². The molecule has 0 radical (unpaired) electrons. The van der Waals surface area contributed by atoms with Crippen molar-refractivity contribution in [3.05, 3.63) is 40.9 Å². The summed E-state index contributed by atoms with van der Waals surface area (Å²) in [5, 5.41) is 0.684. The first-order valence-electron chi connectivity index (χ1n) is 5.41. The second-order valence-corrected chi connectivity index (χ2v) is 4.67. The molecule has 1 aromatic rings. The number of hydrogen-bond acceptors (Lipinski definition) is 1. The quantitative estimate of drug-likeness (QED) is 0.801. The van der Waals surface area contributed by atoms with Crippen molar-refractivity contribution < 1.29 is 4.79 Å². The maximum atomic E-state index is 11.0. The fraction of sp³-hybridized carbons (Fsp3) is 0.308. The topological polar surface area (TPSA) is 43.1 Å². The predicted octanol–water partition coefficient (Wildman–Crippen LogP) is 3.01. The molecule has 1 amide bonds. The van der Waals surface area contributed by atoms with Crippen molar-refractivity contribution >= 4 is 23.1 Å². The van der Waals surface area contributed by atoms with Gasteiger partial charge in [-0.2, -0.15) is 0 Å². The molecule has 2 rings (SSSR count). The number of allylic oxidation sites excluding steroid dienone is 1. The molecular formula is C13H14ClNO. The minimum absolute atomic E-state index is 0.393. The highest BCUT2D eigenvalue weighted by Crippen LogP contribution is 2.38. The lowest BCUT2D eigenvalue weighted by Crippen LogP contribution is -2.07. The minimum atomic E-state index is -0.393. The number of halogens is 1. The van der Waals surface area contributed by atoms with Gasteiger partial charge in [-0.3, -0.25) is 4.79 Å². The second kappa shape index (κ2) is 4.71. The van der Waals surface area contributed by atoms with Crippen molar-refractivity contribution in [2.45, 2.75) is 19.3 Å². The van der Waals surface area contributed by atoms with Crippen LogP contribution in [0.25, 0.3) is 5.57 Å². The van der Waals surface area contributed by atoms with Gasteiger partial charge in [0.05, 0.1) is 0 Å². The van der Waals surface area contributed by atoms with Gasteiger partial charge in [0.15, 0.2) is 0 Å². The third-order valence-corrected chi connectivity index (χ3v) is 2.95. The first kappa shape index (κ1) is 11.2. The van der Waals surface area contributed by atoms with Crippen LogP contribution in [0.4, 0.5) is 0 Å². The van der Waals surface area contributed by atoms with Crippen LogP contribution in [0.1, 0.15) is 24.8 Å². The molecule has 0 spiro atoms. The van der Waals surface area contributed by atoms with E-state index >= 15 is 0 Å². The fourth-order valence-electron chi connectivity index (χ4n) is 1.75. The molecule has 84 valence electrons.